The third-order valence-corrected chi connectivity index (χ3v) is 1.79. The van der Waals surface area contributed by atoms with E-state index in [1.54, 1.807) is 25.3 Å². The van der Waals surface area contributed by atoms with E-state index in [1.165, 1.54) is 0 Å². The van der Waals surface area contributed by atoms with Crippen LogP contribution < -0.4 is 0 Å². The summed E-state index contributed by atoms with van der Waals surface area (Å²) in [6.45, 7) is 1.74. The number of pyridine rings is 1. The molecule has 2 heterocycles. The van der Waals surface area contributed by atoms with E-state index in [-0.39, 0.29) is 0 Å². The van der Waals surface area contributed by atoms with E-state index in [0.29, 0.717) is 22.4 Å². The van der Waals surface area contributed by atoms with Gasteiger partial charge in [0.1, 0.15) is 5.69 Å². The third-order valence-electron chi connectivity index (χ3n) is 1.49. The molecule has 0 aliphatic heterocycles. The highest BCUT2D eigenvalue weighted by Crippen LogP contribution is 2.22. The van der Waals surface area contributed by atoms with E-state index < -0.39 is 0 Å². The zero-order valence-electron chi connectivity index (χ0n) is 6.86. The highest BCUT2D eigenvalue weighted by atomic mass is 35.5. The van der Waals surface area contributed by atoms with Crippen molar-refractivity contribution in [3.8, 4) is 11.6 Å². The summed E-state index contributed by atoms with van der Waals surface area (Å²) in [5.41, 5.74) is 0.518. The lowest BCUT2D eigenvalue weighted by Crippen LogP contribution is -1.83. The van der Waals surface area contributed by atoms with Gasteiger partial charge in [0.25, 0.3) is 5.89 Å². The Hall–Kier alpha value is -1.42. The molecule has 0 aromatic carbocycles. The molecule has 0 bridgehead atoms. The fourth-order valence-corrected chi connectivity index (χ4v) is 1.14. The summed E-state index contributed by atoms with van der Waals surface area (Å²) in [4.78, 5) is 8.05. The first kappa shape index (κ1) is 8.19. The number of halogens is 1. The van der Waals surface area contributed by atoms with Gasteiger partial charge in [-0.05, 0) is 19.1 Å². The highest BCUT2D eigenvalue weighted by molar-refractivity contribution is 6.32. The minimum Gasteiger partial charge on any atom is -0.332 e. The second-order valence-electron chi connectivity index (χ2n) is 2.48. The number of aryl methyl sites for hydroxylation is 1. The Labute approximate surface area is 79.6 Å². The normalized spacial score (nSPS) is 10.3. The minimum atomic E-state index is 0.350. The van der Waals surface area contributed by atoms with Gasteiger partial charge in [-0.15, -0.1) is 0 Å². The van der Waals surface area contributed by atoms with E-state index in [9.17, 15) is 0 Å². The van der Waals surface area contributed by atoms with E-state index >= 15 is 0 Å². The van der Waals surface area contributed by atoms with Crippen molar-refractivity contribution >= 4 is 11.6 Å². The Morgan fingerprint density at radius 1 is 1.46 bits per heavy atom. The third kappa shape index (κ3) is 1.53. The van der Waals surface area contributed by atoms with Crippen molar-refractivity contribution in [1.82, 2.24) is 15.1 Å². The molecule has 2 rings (SSSR count). The van der Waals surface area contributed by atoms with Gasteiger partial charge in [-0.25, -0.2) is 4.98 Å². The van der Waals surface area contributed by atoms with Crippen LogP contribution in [0.15, 0.2) is 22.9 Å². The molecular weight excluding hydrogens is 190 g/mol. The van der Waals surface area contributed by atoms with Crippen LogP contribution >= 0.6 is 11.6 Å². The molecule has 0 aliphatic carbocycles. The lowest BCUT2D eigenvalue weighted by molar-refractivity contribution is 0.424. The van der Waals surface area contributed by atoms with Crippen LogP contribution in [-0.2, 0) is 0 Å². The second-order valence-corrected chi connectivity index (χ2v) is 2.89. The zero-order chi connectivity index (χ0) is 9.26. The van der Waals surface area contributed by atoms with Crippen molar-refractivity contribution in [2.75, 3.05) is 0 Å². The number of rotatable bonds is 1. The molecule has 0 N–H and O–H groups in total. The molecule has 2 aromatic rings. The van der Waals surface area contributed by atoms with E-state index in [0.717, 1.165) is 0 Å². The topological polar surface area (TPSA) is 51.8 Å². The van der Waals surface area contributed by atoms with Crippen LogP contribution in [0.2, 0.25) is 5.02 Å². The van der Waals surface area contributed by atoms with E-state index in [4.69, 9.17) is 16.1 Å². The molecular formula is C8H6ClN3O. The first-order chi connectivity index (χ1) is 6.27. The number of aromatic nitrogens is 3. The Bertz CT molecular complexity index is 427. The summed E-state index contributed by atoms with van der Waals surface area (Å²) in [7, 11) is 0. The molecule has 13 heavy (non-hydrogen) atoms. The van der Waals surface area contributed by atoms with Gasteiger partial charge in [0.15, 0.2) is 5.82 Å². The van der Waals surface area contributed by atoms with Crippen LogP contribution in [0.5, 0.6) is 0 Å². The van der Waals surface area contributed by atoms with Gasteiger partial charge < -0.3 is 4.52 Å². The van der Waals surface area contributed by atoms with E-state index in [2.05, 4.69) is 15.1 Å². The number of nitrogens with zero attached hydrogens (tertiary/aromatic N) is 3. The number of hydrogen-bond acceptors (Lipinski definition) is 4. The molecule has 0 amide bonds. The molecule has 2 aromatic heterocycles. The summed E-state index contributed by atoms with van der Waals surface area (Å²) in [6, 6.07) is 3.47. The van der Waals surface area contributed by atoms with Crippen LogP contribution in [0.1, 0.15) is 5.82 Å². The maximum absolute atomic E-state index is 5.88. The van der Waals surface area contributed by atoms with Crippen molar-refractivity contribution in [3.63, 3.8) is 0 Å². The van der Waals surface area contributed by atoms with Gasteiger partial charge in [-0.2, -0.15) is 4.98 Å². The fourth-order valence-electron chi connectivity index (χ4n) is 0.936. The molecule has 0 radical (unpaired) electrons. The average Bonchev–Trinajstić information content (AvgIpc) is 2.53. The molecule has 0 unspecified atom stereocenters. The molecule has 66 valence electrons. The van der Waals surface area contributed by atoms with Crippen LogP contribution in [0, 0.1) is 6.92 Å². The first-order valence-electron chi connectivity index (χ1n) is 3.68. The van der Waals surface area contributed by atoms with Crippen LogP contribution in [0.4, 0.5) is 0 Å². The molecule has 4 nitrogen and oxygen atoms in total. The van der Waals surface area contributed by atoms with Gasteiger partial charge in [0.05, 0.1) is 5.02 Å². The summed E-state index contributed by atoms with van der Waals surface area (Å²) in [6.07, 6.45) is 1.63. The zero-order valence-corrected chi connectivity index (χ0v) is 7.62. The predicted molar refractivity (Wildman–Crippen MR) is 47.3 cm³/mol. The summed E-state index contributed by atoms with van der Waals surface area (Å²) < 4.78 is 4.92. The summed E-state index contributed by atoms with van der Waals surface area (Å²) >= 11 is 5.88. The van der Waals surface area contributed by atoms with Gasteiger partial charge in [-0.3, -0.25) is 0 Å². The quantitative estimate of drug-likeness (QED) is 0.699. The maximum atomic E-state index is 5.88. The Kier molecular flexibility index (Phi) is 1.98. The summed E-state index contributed by atoms with van der Waals surface area (Å²) in [5, 5.41) is 4.16. The predicted octanol–water partition coefficient (Wildman–Crippen LogP) is 2.09. The Morgan fingerprint density at radius 3 is 2.92 bits per heavy atom. The lowest BCUT2D eigenvalue weighted by Gasteiger charge is -1.94. The van der Waals surface area contributed by atoms with E-state index in [1.807, 2.05) is 0 Å². The minimum absolute atomic E-state index is 0.350. The molecule has 0 aliphatic rings. The Morgan fingerprint density at radius 2 is 2.31 bits per heavy atom. The van der Waals surface area contributed by atoms with Gasteiger partial charge in [-0.1, -0.05) is 16.8 Å². The fraction of sp³-hybridized carbons (Fsp3) is 0.125. The second kappa shape index (κ2) is 3.14. The Balaban J connectivity index is 2.52. The summed E-state index contributed by atoms with van der Waals surface area (Å²) in [5.74, 6) is 0.916. The highest BCUT2D eigenvalue weighted by Gasteiger charge is 2.10. The van der Waals surface area contributed by atoms with Crippen LogP contribution in [-0.4, -0.2) is 15.1 Å². The number of hydrogen-bond donors (Lipinski definition) is 0. The van der Waals surface area contributed by atoms with Gasteiger partial charge in [0, 0.05) is 6.20 Å². The standard InChI is InChI=1S/C8H6ClN3O/c1-5-11-8(13-12-5)7-6(9)3-2-4-10-7/h2-4H,1H3. The molecule has 0 saturated carbocycles. The smallest absolute Gasteiger partial charge is 0.278 e. The van der Waals surface area contributed by atoms with Crippen molar-refractivity contribution < 1.29 is 4.52 Å². The molecule has 0 spiro atoms. The monoisotopic (exact) mass is 195 g/mol. The molecule has 0 atom stereocenters. The molecule has 0 fully saturated rings. The average molecular weight is 196 g/mol. The molecule has 5 heteroatoms. The largest absolute Gasteiger partial charge is 0.332 e. The van der Waals surface area contributed by atoms with Crippen molar-refractivity contribution in [2.45, 2.75) is 6.92 Å². The van der Waals surface area contributed by atoms with Crippen molar-refractivity contribution in [1.29, 1.82) is 0 Å². The van der Waals surface area contributed by atoms with Gasteiger partial charge >= 0.3 is 0 Å². The van der Waals surface area contributed by atoms with Crippen molar-refractivity contribution in [3.05, 3.63) is 29.2 Å². The SMILES string of the molecule is Cc1noc(-c2ncccc2Cl)n1. The van der Waals surface area contributed by atoms with Crippen LogP contribution in [0.25, 0.3) is 11.6 Å². The molecule has 0 saturated heterocycles. The maximum Gasteiger partial charge on any atom is 0.278 e. The van der Waals surface area contributed by atoms with Gasteiger partial charge in [0.2, 0.25) is 0 Å². The van der Waals surface area contributed by atoms with Crippen LogP contribution in [0.3, 0.4) is 0 Å². The lowest BCUT2D eigenvalue weighted by atomic mass is 10.3. The van der Waals surface area contributed by atoms with Crippen molar-refractivity contribution in [2.24, 2.45) is 0 Å². The first-order valence-corrected chi connectivity index (χ1v) is 4.06.